The number of halogens is 2. The minimum Gasteiger partial charge on any atom is -0.321 e. The zero-order valence-corrected chi connectivity index (χ0v) is 17.0. The first-order chi connectivity index (χ1) is 12.3. The van der Waals surface area contributed by atoms with Crippen molar-refractivity contribution in [3.8, 4) is 0 Å². The molecule has 0 fully saturated rings. The second-order valence-corrected chi connectivity index (χ2v) is 9.78. The van der Waals surface area contributed by atoms with E-state index in [1.165, 1.54) is 29.5 Å². The number of nitrogens with one attached hydrogen (secondary N) is 2. The summed E-state index contributed by atoms with van der Waals surface area (Å²) in [5.41, 5.74) is 0.740. The number of rotatable bonds is 5. The van der Waals surface area contributed by atoms with E-state index >= 15 is 0 Å². The third kappa shape index (κ3) is 4.64. The first-order valence-electron chi connectivity index (χ1n) is 7.29. The largest absolute Gasteiger partial charge is 0.321 e. The summed E-state index contributed by atoms with van der Waals surface area (Å²) in [7, 11) is -3.81. The molecule has 0 saturated carbocycles. The molecule has 3 rings (SSSR count). The van der Waals surface area contributed by atoms with Gasteiger partial charge in [-0.2, -0.15) is 0 Å². The Morgan fingerprint density at radius 2 is 1.73 bits per heavy atom. The zero-order chi connectivity index (χ0) is 18.7. The number of benzene rings is 2. The minimum absolute atomic E-state index is 0.0302. The van der Waals surface area contributed by atoms with Crippen LogP contribution in [0.2, 0.25) is 5.02 Å². The fraction of sp³-hybridized carbons (Fsp3) is 0. The Labute approximate surface area is 168 Å². The van der Waals surface area contributed by atoms with Crippen LogP contribution < -0.4 is 10.0 Å². The standard InChI is InChI=1S/C17H12BrClN2O3S2/c18-16-8-7-15(25-16)17(22)20-12-4-2-6-14(10-12)26(23,24)21-13-5-1-3-11(19)9-13/h1-10,21H,(H,20,22). The molecule has 0 spiro atoms. The van der Waals surface area contributed by atoms with Gasteiger partial charge in [-0.3, -0.25) is 9.52 Å². The van der Waals surface area contributed by atoms with Gasteiger partial charge in [-0.25, -0.2) is 8.42 Å². The van der Waals surface area contributed by atoms with Crippen LogP contribution in [0.1, 0.15) is 9.67 Å². The molecule has 2 N–H and O–H groups in total. The number of anilines is 2. The maximum absolute atomic E-state index is 12.6. The average Bonchev–Trinajstić information content (AvgIpc) is 3.01. The molecule has 3 aromatic rings. The Morgan fingerprint density at radius 1 is 1.00 bits per heavy atom. The van der Waals surface area contributed by atoms with Gasteiger partial charge in [-0.05, 0) is 64.5 Å². The van der Waals surface area contributed by atoms with Crippen LogP contribution in [0.15, 0.2) is 69.3 Å². The summed E-state index contributed by atoms with van der Waals surface area (Å²) in [5, 5.41) is 3.12. The lowest BCUT2D eigenvalue weighted by Gasteiger charge is -2.10. The third-order valence-corrected chi connectivity index (χ3v) is 6.51. The summed E-state index contributed by atoms with van der Waals surface area (Å²) in [4.78, 5) is 12.8. The summed E-state index contributed by atoms with van der Waals surface area (Å²) < 4.78 is 28.4. The van der Waals surface area contributed by atoms with Gasteiger partial charge in [0, 0.05) is 10.7 Å². The van der Waals surface area contributed by atoms with E-state index in [0.717, 1.165) is 3.79 Å². The van der Waals surface area contributed by atoms with Crippen molar-refractivity contribution in [2.45, 2.75) is 4.90 Å². The number of carbonyl (C=O) groups excluding carboxylic acids is 1. The molecular weight excluding hydrogens is 460 g/mol. The van der Waals surface area contributed by atoms with Crippen molar-refractivity contribution in [3.63, 3.8) is 0 Å². The summed E-state index contributed by atoms with van der Waals surface area (Å²) in [5.74, 6) is -0.307. The van der Waals surface area contributed by atoms with Crippen molar-refractivity contribution in [1.29, 1.82) is 0 Å². The second kappa shape index (κ2) is 7.79. The SMILES string of the molecule is O=C(Nc1cccc(S(=O)(=O)Nc2cccc(Cl)c2)c1)c1ccc(Br)s1. The normalized spacial score (nSPS) is 11.2. The topological polar surface area (TPSA) is 75.3 Å². The Kier molecular flexibility index (Phi) is 5.67. The molecule has 5 nitrogen and oxygen atoms in total. The van der Waals surface area contributed by atoms with E-state index in [-0.39, 0.29) is 10.8 Å². The predicted molar refractivity (Wildman–Crippen MR) is 109 cm³/mol. The van der Waals surface area contributed by atoms with Crippen LogP contribution in [0, 0.1) is 0 Å². The van der Waals surface area contributed by atoms with Crippen molar-refractivity contribution < 1.29 is 13.2 Å². The Hall–Kier alpha value is -1.87. The fourth-order valence-corrected chi connectivity index (χ4v) is 4.70. The smallest absolute Gasteiger partial charge is 0.265 e. The number of carbonyl (C=O) groups is 1. The first kappa shape index (κ1) is 18.9. The highest BCUT2D eigenvalue weighted by atomic mass is 79.9. The van der Waals surface area contributed by atoms with Crippen LogP contribution in [0.4, 0.5) is 11.4 Å². The van der Waals surface area contributed by atoms with E-state index < -0.39 is 10.0 Å². The minimum atomic E-state index is -3.81. The van der Waals surface area contributed by atoms with Crippen molar-refractivity contribution in [2.24, 2.45) is 0 Å². The van der Waals surface area contributed by atoms with E-state index in [1.807, 2.05) is 0 Å². The second-order valence-electron chi connectivity index (χ2n) is 5.20. The average molecular weight is 472 g/mol. The van der Waals surface area contributed by atoms with Crippen molar-refractivity contribution >= 4 is 66.2 Å². The highest BCUT2D eigenvalue weighted by Gasteiger charge is 2.16. The van der Waals surface area contributed by atoms with Gasteiger partial charge < -0.3 is 5.32 Å². The highest BCUT2D eigenvalue weighted by Crippen LogP contribution is 2.24. The molecule has 0 atom stereocenters. The fourth-order valence-electron chi connectivity index (χ4n) is 2.14. The zero-order valence-electron chi connectivity index (χ0n) is 13.1. The Bertz CT molecular complexity index is 1070. The van der Waals surface area contributed by atoms with Gasteiger partial charge in [0.15, 0.2) is 0 Å². The quantitative estimate of drug-likeness (QED) is 0.536. The number of amides is 1. The monoisotopic (exact) mass is 470 g/mol. The molecule has 0 bridgehead atoms. The van der Waals surface area contributed by atoms with Crippen LogP contribution in [-0.2, 0) is 10.0 Å². The summed E-state index contributed by atoms with van der Waals surface area (Å²) in [6, 6.07) is 15.9. The Morgan fingerprint density at radius 3 is 2.42 bits per heavy atom. The van der Waals surface area contributed by atoms with Gasteiger partial charge in [-0.1, -0.05) is 23.7 Å². The molecule has 134 valence electrons. The van der Waals surface area contributed by atoms with Gasteiger partial charge >= 0.3 is 0 Å². The molecule has 9 heteroatoms. The van der Waals surface area contributed by atoms with E-state index in [2.05, 4.69) is 26.0 Å². The molecule has 1 amide bonds. The van der Waals surface area contributed by atoms with E-state index in [1.54, 1.807) is 42.5 Å². The van der Waals surface area contributed by atoms with Crippen LogP contribution in [-0.4, -0.2) is 14.3 Å². The molecule has 0 radical (unpaired) electrons. The number of hydrogen-bond acceptors (Lipinski definition) is 4. The maximum Gasteiger partial charge on any atom is 0.265 e. The molecule has 26 heavy (non-hydrogen) atoms. The number of thiophene rings is 1. The Balaban J connectivity index is 1.80. The molecule has 0 aliphatic heterocycles. The van der Waals surface area contributed by atoms with Crippen LogP contribution in [0.5, 0.6) is 0 Å². The molecule has 0 aliphatic carbocycles. The molecule has 0 saturated heterocycles. The molecule has 0 unspecified atom stereocenters. The predicted octanol–water partition coefficient (Wildman–Crippen LogP) is 5.22. The van der Waals surface area contributed by atoms with Crippen LogP contribution in [0.3, 0.4) is 0 Å². The van der Waals surface area contributed by atoms with Gasteiger partial charge in [0.25, 0.3) is 15.9 Å². The highest BCUT2D eigenvalue weighted by molar-refractivity contribution is 9.11. The van der Waals surface area contributed by atoms with Gasteiger partial charge in [0.1, 0.15) is 0 Å². The van der Waals surface area contributed by atoms with E-state index in [4.69, 9.17) is 11.6 Å². The molecular formula is C17H12BrClN2O3S2. The van der Waals surface area contributed by atoms with E-state index in [0.29, 0.717) is 21.3 Å². The first-order valence-corrected chi connectivity index (χ1v) is 10.8. The maximum atomic E-state index is 12.6. The molecule has 2 aromatic carbocycles. The summed E-state index contributed by atoms with van der Waals surface area (Å²) >= 11 is 10.5. The molecule has 0 aliphatic rings. The van der Waals surface area contributed by atoms with Gasteiger partial charge in [0.05, 0.1) is 19.2 Å². The van der Waals surface area contributed by atoms with Crippen molar-refractivity contribution in [1.82, 2.24) is 0 Å². The van der Waals surface area contributed by atoms with Gasteiger partial charge in [-0.15, -0.1) is 11.3 Å². The van der Waals surface area contributed by atoms with Crippen molar-refractivity contribution in [3.05, 3.63) is 74.3 Å². The van der Waals surface area contributed by atoms with Crippen LogP contribution >= 0.6 is 38.9 Å². The number of hydrogen-bond donors (Lipinski definition) is 2. The summed E-state index contributed by atoms with van der Waals surface area (Å²) in [6.45, 7) is 0. The lowest BCUT2D eigenvalue weighted by atomic mass is 10.3. The third-order valence-electron chi connectivity index (χ3n) is 3.28. The lowest BCUT2D eigenvalue weighted by molar-refractivity contribution is 0.103. The van der Waals surface area contributed by atoms with Crippen LogP contribution in [0.25, 0.3) is 0 Å². The van der Waals surface area contributed by atoms with Crippen molar-refractivity contribution in [2.75, 3.05) is 10.0 Å². The lowest BCUT2D eigenvalue weighted by Crippen LogP contribution is -2.14. The molecule has 1 heterocycles. The van der Waals surface area contributed by atoms with Gasteiger partial charge in [0.2, 0.25) is 0 Å². The number of sulfonamides is 1. The molecule has 1 aromatic heterocycles. The summed E-state index contributed by atoms with van der Waals surface area (Å²) in [6.07, 6.45) is 0. The van der Waals surface area contributed by atoms with E-state index in [9.17, 15) is 13.2 Å².